The molecular formula is C43H78FeO7. The molecule has 0 fully saturated rings. The van der Waals surface area contributed by atoms with E-state index in [1.54, 1.807) is 0 Å². The van der Waals surface area contributed by atoms with Crippen LogP contribution in [0.3, 0.4) is 0 Å². The molecule has 300 valence electrons. The predicted molar refractivity (Wildman–Crippen MR) is 209 cm³/mol. The van der Waals surface area contributed by atoms with Gasteiger partial charge in [0.2, 0.25) is 5.75 Å². The zero-order valence-electron chi connectivity index (χ0n) is 32.8. The number of carbonyl (C=O) groups is 2. The van der Waals surface area contributed by atoms with Crippen LogP contribution in [0.4, 0.5) is 0 Å². The van der Waals surface area contributed by atoms with Crippen LogP contribution in [0.15, 0.2) is 6.07 Å². The van der Waals surface area contributed by atoms with Crippen LogP contribution in [-0.2, 0) is 28.3 Å². The molecular weight excluding hydrogens is 684 g/mol. The number of hydrogen-bond donors (Lipinski definition) is 5. The van der Waals surface area contributed by atoms with Gasteiger partial charge < -0.3 is 25.5 Å². The van der Waals surface area contributed by atoms with Crippen molar-refractivity contribution in [2.24, 2.45) is 0 Å². The number of rotatable bonds is 34. The second-order valence-corrected chi connectivity index (χ2v) is 14.6. The van der Waals surface area contributed by atoms with Gasteiger partial charge in [-0.25, -0.2) is 4.79 Å². The average molecular weight is 763 g/mol. The summed E-state index contributed by atoms with van der Waals surface area (Å²) in [7, 11) is 0. The Morgan fingerprint density at radius 1 is 0.451 bits per heavy atom. The molecule has 1 rings (SSSR count). The van der Waals surface area contributed by atoms with Crippen LogP contribution in [0.25, 0.3) is 0 Å². The van der Waals surface area contributed by atoms with E-state index in [1.165, 1.54) is 167 Å². The molecule has 0 amide bonds. The second kappa shape index (κ2) is 37.8. The second-order valence-electron chi connectivity index (χ2n) is 14.6. The Balaban J connectivity index is 0. The van der Waals surface area contributed by atoms with Gasteiger partial charge in [0.1, 0.15) is 0 Å². The first-order chi connectivity index (χ1) is 24.3. The summed E-state index contributed by atoms with van der Waals surface area (Å²) in [5.41, 5.74) is 0.0481. The number of benzene rings is 1. The van der Waals surface area contributed by atoms with Crippen molar-refractivity contribution in [3.8, 4) is 17.2 Å². The third-order valence-corrected chi connectivity index (χ3v) is 9.86. The SMILES string of the molecule is CCCCCCCCCCCCCCCCCC(=O)O.CCCCCCCCCCCCCCCCCCc1c(C(=O)O)cc(O)c(O)c1O.[Fe]. The van der Waals surface area contributed by atoms with E-state index in [4.69, 9.17) is 5.11 Å². The molecule has 0 aromatic heterocycles. The van der Waals surface area contributed by atoms with E-state index in [-0.39, 0.29) is 28.2 Å². The van der Waals surface area contributed by atoms with Gasteiger partial charge in [0.25, 0.3) is 0 Å². The first-order valence-electron chi connectivity index (χ1n) is 21.0. The van der Waals surface area contributed by atoms with Crippen LogP contribution < -0.4 is 0 Å². The summed E-state index contributed by atoms with van der Waals surface area (Å²) in [6.07, 6.45) is 40.8. The molecule has 0 unspecified atom stereocenters. The van der Waals surface area contributed by atoms with Gasteiger partial charge in [-0.1, -0.05) is 200 Å². The molecule has 0 aliphatic carbocycles. The van der Waals surface area contributed by atoms with E-state index >= 15 is 0 Å². The first-order valence-corrected chi connectivity index (χ1v) is 21.0. The van der Waals surface area contributed by atoms with Gasteiger partial charge in [-0.05, 0) is 25.3 Å². The summed E-state index contributed by atoms with van der Waals surface area (Å²) in [6, 6.07) is 0.999. The molecule has 0 aliphatic rings. The maximum absolute atomic E-state index is 11.3. The van der Waals surface area contributed by atoms with E-state index in [9.17, 15) is 30.0 Å². The Hall–Kier alpha value is -1.92. The number of carboxylic acids is 2. The van der Waals surface area contributed by atoms with Crippen molar-refractivity contribution >= 4 is 11.9 Å². The number of aromatic hydroxyl groups is 3. The number of carboxylic acid groups (broad SMARTS) is 2. The van der Waals surface area contributed by atoms with E-state index in [0.717, 1.165) is 38.2 Å². The molecule has 0 aliphatic heterocycles. The van der Waals surface area contributed by atoms with Crippen molar-refractivity contribution in [2.45, 2.75) is 226 Å². The normalized spacial score (nSPS) is 10.8. The molecule has 5 N–H and O–H groups in total. The monoisotopic (exact) mass is 763 g/mol. The van der Waals surface area contributed by atoms with Gasteiger partial charge in [-0.2, -0.15) is 0 Å². The largest absolute Gasteiger partial charge is 0.504 e. The fraction of sp³-hybridized carbons (Fsp3) is 0.814. The van der Waals surface area contributed by atoms with E-state index < -0.39 is 29.2 Å². The van der Waals surface area contributed by atoms with Gasteiger partial charge in [-0.3, -0.25) is 4.79 Å². The van der Waals surface area contributed by atoms with Crippen LogP contribution in [-0.4, -0.2) is 37.5 Å². The van der Waals surface area contributed by atoms with Crippen molar-refractivity contribution in [3.63, 3.8) is 0 Å². The van der Waals surface area contributed by atoms with Crippen LogP contribution in [0.1, 0.15) is 235 Å². The minimum Gasteiger partial charge on any atom is -0.504 e. The topological polar surface area (TPSA) is 135 Å². The van der Waals surface area contributed by atoms with Crippen LogP contribution in [0.2, 0.25) is 0 Å². The van der Waals surface area contributed by atoms with Gasteiger partial charge in [-0.15, -0.1) is 0 Å². The Bertz CT molecular complexity index is 953. The predicted octanol–water partition coefficient (Wildman–Crippen LogP) is 13.6. The molecule has 0 heterocycles. The molecule has 1 aromatic rings. The molecule has 0 radical (unpaired) electrons. The van der Waals surface area contributed by atoms with Crippen molar-refractivity contribution in [2.75, 3.05) is 0 Å². The molecule has 51 heavy (non-hydrogen) atoms. The molecule has 7 nitrogen and oxygen atoms in total. The van der Waals surface area contributed by atoms with Crippen molar-refractivity contribution in [1.82, 2.24) is 0 Å². The third-order valence-electron chi connectivity index (χ3n) is 9.86. The minimum atomic E-state index is -1.22. The Kier molecular flexibility index (Phi) is 38.0. The number of hydrogen-bond acceptors (Lipinski definition) is 5. The Morgan fingerprint density at radius 3 is 1.04 bits per heavy atom. The van der Waals surface area contributed by atoms with Gasteiger partial charge in [0.05, 0.1) is 5.56 Å². The van der Waals surface area contributed by atoms with Gasteiger partial charge in [0.15, 0.2) is 11.5 Å². The smallest absolute Gasteiger partial charge is 0.336 e. The molecule has 0 saturated carbocycles. The first kappa shape index (κ1) is 51.2. The number of phenols is 3. The minimum absolute atomic E-state index is 0. The quantitative estimate of drug-likeness (QED) is 0.0268. The molecule has 0 atom stereocenters. The van der Waals surface area contributed by atoms with Crippen molar-refractivity contribution in [3.05, 3.63) is 17.2 Å². The van der Waals surface area contributed by atoms with E-state index in [1.807, 2.05) is 0 Å². The standard InChI is InChI=1S/C25H42O5.C18H36O2.Fe/c1-2-3-4-5-6-7-8-9-10-11-12-13-14-15-16-17-18-20-21(25(29)30)19-22(26)24(28)23(20)27;1-2-3-4-5-6-7-8-9-10-11-12-13-14-15-16-17-18(19)20;/h19,26-28H,2-18H2,1H3,(H,29,30);2-17H2,1H3,(H,19,20);. The summed E-state index contributed by atoms with van der Waals surface area (Å²) in [5.74, 6) is -3.65. The van der Waals surface area contributed by atoms with Crippen LogP contribution in [0, 0.1) is 0 Å². The van der Waals surface area contributed by atoms with Gasteiger partial charge >= 0.3 is 11.9 Å². The average Bonchev–Trinajstić information content (AvgIpc) is 3.09. The molecule has 8 heteroatoms. The number of aromatic carboxylic acids is 1. The molecule has 1 aromatic carbocycles. The number of unbranched alkanes of at least 4 members (excludes halogenated alkanes) is 29. The summed E-state index contributed by atoms with van der Waals surface area (Å²) in [4.78, 5) is 21.6. The Labute approximate surface area is 323 Å². The van der Waals surface area contributed by atoms with Crippen molar-refractivity contribution in [1.29, 1.82) is 0 Å². The molecule has 0 saturated heterocycles. The van der Waals surface area contributed by atoms with Gasteiger partial charge in [0, 0.05) is 29.1 Å². The summed E-state index contributed by atoms with van der Waals surface area (Å²) < 4.78 is 0. The number of aliphatic carboxylic acids is 1. The molecule has 0 spiro atoms. The Morgan fingerprint density at radius 2 is 0.745 bits per heavy atom. The van der Waals surface area contributed by atoms with Crippen LogP contribution >= 0.6 is 0 Å². The zero-order valence-corrected chi connectivity index (χ0v) is 33.9. The summed E-state index contributed by atoms with van der Waals surface area (Å²) in [6.45, 7) is 4.53. The molecule has 0 bridgehead atoms. The third kappa shape index (κ3) is 31.3. The summed E-state index contributed by atoms with van der Waals surface area (Å²) in [5, 5.41) is 46.8. The maximum Gasteiger partial charge on any atom is 0.336 e. The van der Waals surface area contributed by atoms with E-state index in [2.05, 4.69) is 13.8 Å². The van der Waals surface area contributed by atoms with Crippen LogP contribution in [0.5, 0.6) is 17.2 Å². The fourth-order valence-electron chi connectivity index (χ4n) is 6.63. The zero-order chi connectivity index (χ0) is 37.1. The fourth-order valence-corrected chi connectivity index (χ4v) is 6.63. The number of phenolic OH excluding ortho intramolecular Hbond substituents is 3. The summed E-state index contributed by atoms with van der Waals surface area (Å²) >= 11 is 0. The maximum atomic E-state index is 11.3. The van der Waals surface area contributed by atoms with Crippen molar-refractivity contribution < 1.29 is 52.2 Å². The van der Waals surface area contributed by atoms with E-state index in [0.29, 0.717) is 12.8 Å².